The van der Waals surface area contributed by atoms with E-state index >= 15 is 0 Å². The minimum Gasteiger partial charge on any atom is -0.382 e. The highest BCUT2D eigenvalue weighted by molar-refractivity contribution is 6.25. The molecule has 1 N–H and O–H groups in total. The van der Waals surface area contributed by atoms with Gasteiger partial charge in [0.05, 0.1) is 0 Å². The Labute approximate surface area is 88.4 Å². The van der Waals surface area contributed by atoms with Crippen molar-refractivity contribution in [1.82, 2.24) is 0 Å². The van der Waals surface area contributed by atoms with Gasteiger partial charge in [-0.1, -0.05) is 29.8 Å². The van der Waals surface area contributed by atoms with Crippen LogP contribution < -0.4 is 5.32 Å². The van der Waals surface area contributed by atoms with Gasteiger partial charge in [0.15, 0.2) is 0 Å². The Balaban J connectivity index is 2.56. The average molecular weight is 216 g/mol. The lowest BCUT2D eigenvalue weighted by Crippen LogP contribution is -1.97. The van der Waals surface area contributed by atoms with E-state index in [4.69, 9.17) is 23.2 Å². The van der Waals surface area contributed by atoms with E-state index in [1.807, 2.05) is 30.3 Å². The van der Waals surface area contributed by atoms with Crippen molar-refractivity contribution in [3.63, 3.8) is 0 Å². The largest absolute Gasteiger partial charge is 0.382 e. The first-order chi connectivity index (χ1) is 6.36. The fourth-order valence-corrected chi connectivity index (χ4v) is 1.24. The Morgan fingerprint density at radius 1 is 1.38 bits per heavy atom. The highest BCUT2D eigenvalue weighted by Crippen LogP contribution is 2.11. The smallest absolute Gasteiger partial charge is 0.0474 e. The molecule has 0 unspecified atom stereocenters. The third-order valence-corrected chi connectivity index (χ3v) is 2.08. The van der Waals surface area contributed by atoms with Gasteiger partial charge in [0.25, 0.3) is 0 Å². The van der Waals surface area contributed by atoms with Crippen molar-refractivity contribution in [2.45, 2.75) is 5.88 Å². The van der Waals surface area contributed by atoms with E-state index in [0.717, 1.165) is 17.8 Å². The number of halogens is 2. The first-order valence-corrected chi connectivity index (χ1v) is 4.98. The van der Waals surface area contributed by atoms with Gasteiger partial charge in [-0.3, -0.25) is 0 Å². The van der Waals surface area contributed by atoms with Crippen LogP contribution in [0.25, 0.3) is 0 Å². The molecule has 1 aromatic rings. The molecule has 3 heteroatoms. The van der Waals surface area contributed by atoms with Gasteiger partial charge in [0.2, 0.25) is 0 Å². The predicted octanol–water partition coefficient (Wildman–Crippen LogP) is 3.59. The third-order valence-electron chi connectivity index (χ3n) is 1.59. The lowest BCUT2D eigenvalue weighted by Gasteiger charge is -2.03. The molecule has 70 valence electrons. The topological polar surface area (TPSA) is 12.0 Å². The van der Waals surface area contributed by atoms with Crippen molar-refractivity contribution in [2.75, 3.05) is 11.9 Å². The Morgan fingerprint density at radius 3 is 2.92 bits per heavy atom. The summed E-state index contributed by atoms with van der Waals surface area (Å²) < 4.78 is 0. The van der Waals surface area contributed by atoms with Crippen molar-refractivity contribution in [1.29, 1.82) is 0 Å². The number of hydrogen-bond donors (Lipinski definition) is 1. The van der Waals surface area contributed by atoms with E-state index in [0.29, 0.717) is 5.88 Å². The van der Waals surface area contributed by atoms with E-state index in [1.54, 1.807) is 0 Å². The maximum atomic E-state index is 5.70. The molecule has 0 atom stereocenters. The Hall–Kier alpha value is -0.660. The predicted molar refractivity (Wildman–Crippen MR) is 59.5 cm³/mol. The number of hydrogen-bond acceptors (Lipinski definition) is 1. The van der Waals surface area contributed by atoms with Crippen molar-refractivity contribution in [3.8, 4) is 0 Å². The van der Waals surface area contributed by atoms with Crippen molar-refractivity contribution in [3.05, 3.63) is 41.4 Å². The zero-order chi connectivity index (χ0) is 9.52. The van der Waals surface area contributed by atoms with E-state index in [-0.39, 0.29) is 0 Å². The second-order valence-corrected chi connectivity index (χ2v) is 3.10. The molecule has 0 radical (unpaired) electrons. The highest BCUT2D eigenvalue weighted by Gasteiger charge is 1.92. The molecule has 1 rings (SSSR count). The SMILES string of the molecule is Cl/C=C/CNc1cccc(CCl)c1. The Bertz CT molecular complexity index is 284. The number of nitrogens with one attached hydrogen (secondary N) is 1. The van der Waals surface area contributed by atoms with E-state index in [2.05, 4.69) is 5.32 Å². The molecule has 0 saturated carbocycles. The first kappa shape index (κ1) is 10.4. The maximum Gasteiger partial charge on any atom is 0.0474 e. The molecule has 0 aliphatic rings. The Morgan fingerprint density at radius 2 is 2.23 bits per heavy atom. The molecular weight excluding hydrogens is 205 g/mol. The first-order valence-electron chi connectivity index (χ1n) is 4.01. The summed E-state index contributed by atoms with van der Waals surface area (Å²) in [6, 6.07) is 7.99. The zero-order valence-corrected chi connectivity index (χ0v) is 8.65. The van der Waals surface area contributed by atoms with Gasteiger partial charge in [-0.15, -0.1) is 11.6 Å². The van der Waals surface area contributed by atoms with Crippen LogP contribution in [0.1, 0.15) is 5.56 Å². The fourth-order valence-electron chi connectivity index (χ4n) is 0.986. The van der Waals surface area contributed by atoms with Crippen LogP contribution in [0.3, 0.4) is 0 Å². The Kier molecular flexibility index (Phi) is 4.73. The van der Waals surface area contributed by atoms with Crippen LogP contribution in [-0.4, -0.2) is 6.54 Å². The number of benzene rings is 1. The fraction of sp³-hybridized carbons (Fsp3) is 0.200. The molecule has 0 aliphatic heterocycles. The summed E-state index contributed by atoms with van der Waals surface area (Å²) in [6.45, 7) is 0.731. The van der Waals surface area contributed by atoms with Crippen LogP contribution in [0.5, 0.6) is 0 Å². The van der Waals surface area contributed by atoms with Gasteiger partial charge in [-0.2, -0.15) is 0 Å². The van der Waals surface area contributed by atoms with Crippen LogP contribution in [-0.2, 0) is 5.88 Å². The molecule has 0 amide bonds. The molecule has 0 fully saturated rings. The molecule has 0 heterocycles. The van der Waals surface area contributed by atoms with Gasteiger partial charge in [0.1, 0.15) is 0 Å². The summed E-state index contributed by atoms with van der Waals surface area (Å²) in [5.41, 5.74) is 3.67. The summed E-state index contributed by atoms with van der Waals surface area (Å²) >= 11 is 11.1. The summed E-state index contributed by atoms with van der Waals surface area (Å²) in [4.78, 5) is 0. The van der Waals surface area contributed by atoms with Crippen molar-refractivity contribution < 1.29 is 0 Å². The monoisotopic (exact) mass is 215 g/mol. The van der Waals surface area contributed by atoms with Crippen LogP contribution in [0, 0.1) is 0 Å². The summed E-state index contributed by atoms with van der Waals surface area (Å²) in [5, 5.41) is 3.19. The van der Waals surface area contributed by atoms with Gasteiger partial charge >= 0.3 is 0 Å². The molecule has 0 aliphatic carbocycles. The van der Waals surface area contributed by atoms with E-state index in [1.165, 1.54) is 5.54 Å². The van der Waals surface area contributed by atoms with Crippen LogP contribution in [0.15, 0.2) is 35.9 Å². The number of rotatable bonds is 4. The van der Waals surface area contributed by atoms with Gasteiger partial charge in [-0.25, -0.2) is 0 Å². The normalized spacial score (nSPS) is 10.6. The lowest BCUT2D eigenvalue weighted by atomic mass is 10.2. The van der Waals surface area contributed by atoms with Crippen LogP contribution >= 0.6 is 23.2 Å². The van der Waals surface area contributed by atoms with Gasteiger partial charge < -0.3 is 5.32 Å². The van der Waals surface area contributed by atoms with Crippen molar-refractivity contribution >= 4 is 28.9 Å². The van der Waals surface area contributed by atoms with Crippen LogP contribution in [0.4, 0.5) is 5.69 Å². The van der Waals surface area contributed by atoms with E-state index < -0.39 is 0 Å². The van der Waals surface area contributed by atoms with Gasteiger partial charge in [-0.05, 0) is 17.7 Å². The summed E-state index contributed by atoms with van der Waals surface area (Å²) in [6.07, 6.45) is 1.84. The highest BCUT2D eigenvalue weighted by atomic mass is 35.5. The molecular formula is C10H11Cl2N. The van der Waals surface area contributed by atoms with Gasteiger partial charge in [0, 0.05) is 23.6 Å². The quantitative estimate of drug-likeness (QED) is 0.758. The number of alkyl halides is 1. The standard InChI is InChI=1S/C10H11Cl2N/c11-5-2-6-13-10-4-1-3-9(7-10)8-12/h1-5,7,13H,6,8H2/b5-2+. The molecule has 1 nitrogen and oxygen atoms in total. The molecule has 0 bridgehead atoms. The summed E-state index contributed by atoms with van der Waals surface area (Å²) in [5.74, 6) is 0.543. The minimum atomic E-state index is 0.543. The second-order valence-electron chi connectivity index (χ2n) is 2.58. The third kappa shape index (κ3) is 3.71. The molecule has 1 aromatic carbocycles. The van der Waals surface area contributed by atoms with Crippen molar-refractivity contribution in [2.24, 2.45) is 0 Å². The minimum absolute atomic E-state index is 0.543. The number of anilines is 1. The molecule has 0 saturated heterocycles. The van der Waals surface area contributed by atoms with Crippen LogP contribution in [0.2, 0.25) is 0 Å². The second kappa shape index (κ2) is 5.90. The zero-order valence-electron chi connectivity index (χ0n) is 7.13. The summed E-state index contributed by atoms with van der Waals surface area (Å²) in [7, 11) is 0. The molecule has 0 spiro atoms. The average Bonchev–Trinajstić information content (AvgIpc) is 2.19. The lowest BCUT2D eigenvalue weighted by molar-refractivity contribution is 1.31. The molecule has 13 heavy (non-hydrogen) atoms. The molecule has 0 aromatic heterocycles. The van der Waals surface area contributed by atoms with E-state index in [9.17, 15) is 0 Å². The maximum absolute atomic E-state index is 5.70.